The number of aliphatic imine (C=N–C) groups is 1. The number of allylic oxidation sites excluding steroid dienone is 2. The number of ether oxygens (including phenoxy) is 2. The molecule has 1 fully saturated rings. The molecular formula is C31H35N3O5. The van der Waals surface area contributed by atoms with Crippen LogP contribution in [-0.4, -0.2) is 67.3 Å². The second kappa shape index (κ2) is 12.0. The summed E-state index contributed by atoms with van der Waals surface area (Å²) < 4.78 is 11.3. The Morgan fingerprint density at radius 2 is 1.82 bits per heavy atom. The van der Waals surface area contributed by atoms with Crippen LogP contribution in [0.2, 0.25) is 0 Å². The van der Waals surface area contributed by atoms with Crippen LogP contribution in [0.4, 0.5) is 0 Å². The number of amides is 1. The van der Waals surface area contributed by atoms with E-state index in [1.807, 2.05) is 18.2 Å². The van der Waals surface area contributed by atoms with Crippen molar-refractivity contribution in [2.45, 2.75) is 37.8 Å². The summed E-state index contributed by atoms with van der Waals surface area (Å²) >= 11 is 0. The SMILES string of the molecule is C=C/C=C(\N=C)c1ccc2c(c1)CC(C(=O)C(=O)N[C@H](CN1CCCC1)[C@H](O)c1ccc3c(c1)OCCO3)C2. The number of carbonyl (C=O) groups excluding carboxylic acids is 2. The van der Waals surface area contributed by atoms with Crippen molar-refractivity contribution in [3.8, 4) is 11.5 Å². The Balaban J connectivity index is 1.29. The summed E-state index contributed by atoms with van der Waals surface area (Å²) in [7, 11) is 0. The van der Waals surface area contributed by atoms with E-state index in [9.17, 15) is 14.7 Å². The Labute approximate surface area is 229 Å². The van der Waals surface area contributed by atoms with Crippen LogP contribution >= 0.6 is 0 Å². The largest absolute Gasteiger partial charge is 0.486 e. The first-order valence-electron chi connectivity index (χ1n) is 13.5. The minimum absolute atomic E-state index is 0.441. The second-order valence-electron chi connectivity index (χ2n) is 10.3. The highest BCUT2D eigenvalue weighted by Crippen LogP contribution is 2.34. The third-order valence-electron chi connectivity index (χ3n) is 7.73. The van der Waals surface area contributed by atoms with E-state index in [1.54, 1.807) is 30.4 Å². The molecule has 8 heteroatoms. The smallest absolute Gasteiger partial charge is 0.288 e. The monoisotopic (exact) mass is 529 g/mol. The average molecular weight is 530 g/mol. The van der Waals surface area contributed by atoms with Gasteiger partial charge < -0.3 is 24.8 Å². The van der Waals surface area contributed by atoms with Gasteiger partial charge in [-0.1, -0.05) is 30.9 Å². The van der Waals surface area contributed by atoms with Gasteiger partial charge in [-0.3, -0.25) is 14.6 Å². The van der Waals surface area contributed by atoms with Gasteiger partial charge in [-0.2, -0.15) is 0 Å². The number of carbonyl (C=O) groups is 2. The van der Waals surface area contributed by atoms with Crippen LogP contribution < -0.4 is 14.8 Å². The molecule has 3 aliphatic rings. The third-order valence-corrected chi connectivity index (χ3v) is 7.73. The lowest BCUT2D eigenvalue weighted by Crippen LogP contribution is -2.49. The highest BCUT2D eigenvalue weighted by Gasteiger charge is 2.35. The number of nitrogens with zero attached hydrogens (tertiary/aromatic N) is 2. The number of benzene rings is 2. The summed E-state index contributed by atoms with van der Waals surface area (Å²) in [6.07, 6.45) is 5.57. The van der Waals surface area contributed by atoms with Crippen molar-refractivity contribution in [1.29, 1.82) is 0 Å². The lowest BCUT2D eigenvalue weighted by molar-refractivity contribution is -0.141. The summed E-state index contributed by atoms with van der Waals surface area (Å²) in [6, 6.07) is 10.6. The third kappa shape index (κ3) is 5.97. The van der Waals surface area contributed by atoms with Crippen molar-refractivity contribution in [1.82, 2.24) is 10.2 Å². The Kier molecular flexibility index (Phi) is 8.24. The molecule has 2 aromatic rings. The normalized spacial score (nSPS) is 20.1. The van der Waals surface area contributed by atoms with E-state index < -0.39 is 29.8 Å². The van der Waals surface area contributed by atoms with E-state index in [1.165, 1.54) is 0 Å². The lowest BCUT2D eigenvalue weighted by atomic mass is 9.97. The van der Waals surface area contributed by atoms with E-state index in [-0.39, 0.29) is 0 Å². The van der Waals surface area contributed by atoms with Crippen molar-refractivity contribution in [2.24, 2.45) is 10.9 Å². The van der Waals surface area contributed by atoms with Crippen LogP contribution in [-0.2, 0) is 22.4 Å². The van der Waals surface area contributed by atoms with Crippen LogP contribution in [0.1, 0.15) is 41.2 Å². The molecule has 39 heavy (non-hydrogen) atoms. The van der Waals surface area contributed by atoms with Gasteiger partial charge in [-0.25, -0.2) is 0 Å². The maximum absolute atomic E-state index is 13.3. The first-order chi connectivity index (χ1) is 19.0. The first-order valence-corrected chi connectivity index (χ1v) is 13.5. The van der Waals surface area contributed by atoms with Crippen molar-refractivity contribution < 1.29 is 24.2 Å². The van der Waals surface area contributed by atoms with Gasteiger partial charge in [-0.15, -0.1) is 0 Å². The zero-order chi connectivity index (χ0) is 27.4. The molecule has 1 amide bonds. The summed E-state index contributed by atoms with van der Waals surface area (Å²) in [4.78, 5) is 32.9. The van der Waals surface area contributed by atoms with Gasteiger partial charge in [0.2, 0.25) is 5.78 Å². The predicted molar refractivity (Wildman–Crippen MR) is 150 cm³/mol. The number of nitrogens with one attached hydrogen (secondary N) is 1. The van der Waals surface area contributed by atoms with E-state index in [0.29, 0.717) is 55.4 Å². The van der Waals surface area contributed by atoms with Gasteiger partial charge in [0.05, 0.1) is 11.7 Å². The number of aliphatic hydroxyl groups excluding tert-OH is 1. The van der Waals surface area contributed by atoms with Crippen LogP contribution in [0.5, 0.6) is 11.5 Å². The zero-order valence-electron chi connectivity index (χ0n) is 22.1. The summed E-state index contributed by atoms with van der Waals surface area (Å²) in [5.41, 5.74) is 4.29. The van der Waals surface area contributed by atoms with Gasteiger partial charge in [0.15, 0.2) is 11.5 Å². The highest BCUT2D eigenvalue weighted by atomic mass is 16.6. The number of rotatable bonds is 10. The molecule has 1 unspecified atom stereocenters. The minimum atomic E-state index is -1.01. The number of Topliss-reactive ketones (excluding diaryl/α,β-unsaturated/α-hetero) is 1. The minimum Gasteiger partial charge on any atom is -0.486 e. The Morgan fingerprint density at radius 1 is 1.08 bits per heavy atom. The molecular weight excluding hydrogens is 494 g/mol. The van der Waals surface area contributed by atoms with Gasteiger partial charge in [0.25, 0.3) is 5.91 Å². The molecule has 0 aromatic heterocycles. The van der Waals surface area contributed by atoms with E-state index >= 15 is 0 Å². The van der Waals surface area contributed by atoms with Crippen molar-refractivity contribution in [3.05, 3.63) is 77.4 Å². The van der Waals surface area contributed by atoms with Gasteiger partial charge in [0, 0.05) is 18.0 Å². The number of ketones is 1. The standard InChI is InChI=1S/C31H35N3O5/c1-3-6-25(32-2)21-8-7-20-15-24(17-23(20)16-21)30(36)31(37)33-26(19-34-11-4-5-12-34)29(35)22-9-10-27-28(18-22)39-14-13-38-27/h3,6-10,16,18,24,26,29,35H,1-2,4-5,11-15,17,19H2,(H,33,37)/b25-6-/t24?,26-,29-/m1/s1. The molecule has 2 N–H and O–H groups in total. The predicted octanol–water partition coefficient (Wildman–Crippen LogP) is 3.28. The van der Waals surface area contributed by atoms with Gasteiger partial charge in [0.1, 0.15) is 19.3 Å². The molecule has 1 saturated heterocycles. The molecule has 0 spiro atoms. The molecule has 0 radical (unpaired) electrons. The number of likely N-dealkylation sites (tertiary alicyclic amines) is 1. The topological polar surface area (TPSA) is 100 Å². The quantitative estimate of drug-likeness (QED) is 0.278. The highest BCUT2D eigenvalue weighted by molar-refractivity contribution is 6.37. The number of aliphatic hydroxyl groups is 1. The van der Waals surface area contributed by atoms with Gasteiger partial charge in [-0.05, 0) is 86.5 Å². The molecule has 2 aromatic carbocycles. The van der Waals surface area contributed by atoms with Crippen molar-refractivity contribution in [2.75, 3.05) is 32.8 Å². The first kappa shape index (κ1) is 26.8. The maximum atomic E-state index is 13.3. The van der Waals surface area contributed by atoms with E-state index in [0.717, 1.165) is 42.6 Å². The van der Waals surface area contributed by atoms with Gasteiger partial charge >= 0.3 is 0 Å². The fourth-order valence-corrected chi connectivity index (χ4v) is 5.68. The molecule has 2 heterocycles. The molecule has 0 saturated carbocycles. The molecule has 2 aliphatic heterocycles. The summed E-state index contributed by atoms with van der Waals surface area (Å²) in [5, 5.41) is 14.2. The molecule has 204 valence electrons. The number of hydrogen-bond acceptors (Lipinski definition) is 7. The zero-order valence-corrected chi connectivity index (χ0v) is 22.1. The molecule has 8 nitrogen and oxygen atoms in total. The second-order valence-corrected chi connectivity index (χ2v) is 10.3. The van der Waals surface area contributed by atoms with Crippen LogP contribution in [0.3, 0.4) is 0 Å². The fraction of sp³-hybridized carbons (Fsp3) is 0.387. The number of hydrogen-bond donors (Lipinski definition) is 2. The van der Waals surface area contributed by atoms with Crippen LogP contribution in [0, 0.1) is 5.92 Å². The van der Waals surface area contributed by atoms with Crippen molar-refractivity contribution >= 4 is 24.1 Å². The van der Waals surface area contributed by atoms with Crippen LogP contribution in [0.15, 0.2) is 60.1 Å². The summed E-state index contributed by atoms with van der Waals surface area (Å²) in [6.45, 7) is 10.5. The Bertz CT molecular complexity index is 1300. The van der Waals surface area contributed by atoms with E-state index in [4.69, 9.17) is 9.47 Å². The lowest BCUT2D eigenvalue weighted by Gasteiger charge is -2.29. The Morgan fingerprint density at radius 3 is 2.56 bits per heavy atom. The van der Waals surface area contributed by atoms with E-state index in [2.05, 4.69) is 28.5 Å². The maximum Gasteiger partial charge on any atom is 0.288 e. The fourth-order valence-electron chi connectivity index (χ4n) is 5.68. The molecule has 3 atom stereocenters. The average Bonchev–Trinajstić information content (AvgIpc) is 3.64. The summed E-state index contributed by atoms with van der Waals surface area (Å²) in [5.74, 6) is -0.364. The molecule has 5 rings (SSSR count). The van der Waals surface area contributed by atoms with Crippen LogP contribution in [0.25, 0.3) is 5.70 Å². The number of fused-ring (bicyclic) bond motifs is 2. The van der Waals surface area contributed by atoms with Crippen molar-refractivity contribution in [3.63, 3.8) is 0 Å². The molecule has 0 bridgehead atoms. The Hall–Kier alpha value is -3.75. The molecule has 1 aliphatic carbocycles.